The third kappa shape index (κ3) is 4.02. The van der Waals surface area contributed by atoms with Gasteiger partial charge in [0.2, 0.25) is 15.9 Å². The van der Waals surface area contributed by atoms with Crippen molar-refractivity contribution in [3.63, 3.8) is 0 Å². The maximum Gasteiger partial charge on any atom is 0.318 e. The number of rotatable bonds is 5. The molecule has 1 aromatic carbocycles. The molecule has 0 heterocycles. The van der Waals surface area contributed by atoms with Crippen molar-refractivity contribution in [2.45, 2.75) is 31.2 Å². The fourth-order valence-corrected chi connectivity index (χ4v) is 3.46. The molecule has 0 spiro atoms. The molecule has 21 heavy (non-hydrogen) atoms. The Balaban J connectivity index is 3.28. The van der Waals surface area contributed by atoms with Crippen LogP contribution in [0, 0.1) is 0 Å². The lowest BCUT2D eigenvalue weighted by Crippen LogP contribution is -2.48. The number of carbonyl (C=O) groups is 2. The Morgan fingerprint density at radius 2 is 1.67 bits per heavy atom. The first kappa shape index (κ1) is 17.1. The summed E-state index contributed by atoms with van der Waals surface area (Å²) < 4.78 is 26.0. The summed E-state index contributed by atoms with van der Waals surface area (Å²) in [6.45, 7) is 4.16. The fraction of sp³-hybridized carbons (Fsp3) is 0.385. The van der Waals surface area contributed by atoms with Crippen LogP contribution in [0.1, 0.15) is 31.1 Å². The molecule has 7 nitrogen and oxygen atoms in total. The van der Waals surface area contributed by atoms with Crippen molar-refractivity contribution in [3.8, 4) is 0 Å². The molecule has 1 amide bonds. The van der Waals surface area contributed by atoms with E-state index in [2.05, 4.69) is 0 Å². The van der Waals surface area contributed by atoms with E-state index in [0.29, 0.717) is 0 Å². The quantitative estimate of drug-likeness (QED) is 0.827. The predicted octanol–water partition coefficient (Wildman–Crippen LogP) is 0.659. The van der Waals surface area contributed by atoms with Crippen LogP contribution in [-0.4, -0.2) is 41.8 Å². The van der Waals surface area contributed by atoms with Gasteiger partial charge in [0, 0.05) is 11.1 Å². The molecule has 0 unspecified atom stereocenters. The highest BCUT2D eigenvalue weighted by Gasteiger charge is 2.35. The summed E-state index contributed by atoms with van der Waals surface area (Å²) in [7, 11) is -4.00. The second-order valence-electron chi connectivity index (χ2n) is 5.46. The second-order valence-corrected chi connectivity index (χ2v) is 7.33. The maximum absolute atomic E-state index is 12.5. The summed E-state index contributed by atoms with van der Waals surface area (Å²) in [5.74, 6) is -1.92. The smallest absolute Gasteiger partial charge is 0.318 e. The van der Waals surface area contributed by atoms with Gasteiger partial charge in [-0.05, 0) is 45.0 Å². The highest BCUT2D eigenvalue weighted by molar-refractivity contribution is 7.89. The van der Waals surface area contributed by atoms with E-state index in [4.69, 9.17) is 10.8 Å². The molecule has 0 radical (unpaired) electrons. The molecule has 1 aromatic rings. The lowest BCUT2D eigenvalue weighted by molar-refractivity contribution is -0.138. The minimum Gasteiger partial charge on any atom is -0.480 e. The largest absolute Gasteiger partial charge is 0.480 e. The Hall–Kier alpha value is -1.93. The van der Waals surface area contributed by atoms with Crippen LogP contribution in [0.2, 0.25) is 0 Å². The molecule has 0 bridgehead atoms. The van der Waals surface area contributed by atoms with E-state index in [0.717, 1.165) is 4.31 Å². The van der Waals surface area contributed by atoms with E-state index in [1.165, 1.54) is 24.3 Å². The van der Waals surface area contributed by atoms with Gasteiger partial charge in [0.15, 0.2) is 0 Å². The van der Waals surface area contributed by atoms with E-state index < -0.39 is 34.0 Å². The van der Waals surface area contributed by atoms with Crippen LogP contribution in [-0.2, 0) is 14.8 Å². The number of carbonyl (C=O) groups excluding carboxylic acids is 1. The molecule has 0 aliphatic carbocycles. The van der Waals surface area contributed by atoms with Gasteiger partial charge in [0.25, 0.3) is 0 Å². The first-order valence-electron chi connectivity index (χ1n) is 6.11. The standard InChI is InChI=1S/C13H18N2O5S/c1-13(2,3)15(8-11(16)17)21(19,20)10-6-4-9(5-7-10)12(14)18/h4-7H,8H2,1-3H3,(H2,14,18)(H,16,17). The van der Waals surface area contributed by atoms with Gasteiger partial charge in [-0.15, -0.1) is 0 Å². The summed E-state index contributed by atoms with van der Waals surface area (Å²) in [6, 6.07) is 5.04. The van der Waals surface area contributed by atoms with Crippen molar-refractivity contribution in [2.75, 3.05) is 6.54 Å². The Morgan fingerprint density at radius 1 is 1.19 bits per heavy atom. The topological polar surface area (TPSA) is 118 Å². The van der Waals surface area contributed by atoms with Crippen molar-refractivity contribution in [1.29, 1.82) is 0 Å². The number of sulfonamides is 1. The monoisotopic (exact) mass is 314 g/mol. The van der Waals surface area contributed by atoms with Crippen molar-refractivity contribution in [2.24, 2.45) is 5.73 Å². The molecule has 0 fully saturated rings. The number of carboxylic acids is 1. The predicted molar refractivity (Wildman–Crippen MR) is 76.2 cm³/mol. The van der Waals surface area contributed by atoms with Crippen molar-refractivity contribution < 1.29 is 23.1 Å². The summed E-state index contributed by atoms with van der Waals surface area (Å²) in [6.07, 6.45) is 0. The van der Waals surface area contributed by atoms with E-state index in [-0.39, 0.29) is 10.5 Å². The molecule has 3 N–H and O–H groups in total. The normalized spacial score (nSPS) is 12.4. The van der Waals surface area contributed by atoms with E-state index in [9.17, 15) is 18.0 Å². The van der Waals surface area contributed by atoms with Gasteiger partial charge in [0.05, 0.1) is 4.90 Å². The van der Waals surface area contributed by atoms with Crippen LogP contribution < -0.4 is 5.73 Å². The molecule has 0 aromatic heterocycles. The van der Waals surface area contributed by atoms with Gasteiger partial charge < -0.3 is 10.8 Å². The molecule has 0 saturated carbocycles. The van der Waals surface area contributed by atoms with E-state index in [1.807, 2.05) is 0 Å². The van der Waals surface area contributed by atoms with Crippen LogP contribution >= 0.6 is 0 Å². The van der Waals surface area contributed by atoms with Gasteiger partial charge in [-0.2, -0.15) is 4.31 Å². The third-order valence-corrected chi connectivity index (χ3v) is 4.88. The zero-order valence-corrected chi connectivity index (χ0v) is 12.8. The average molecular weight is 314 g/mol. The third-order valence-electron chi connectivity index (χ3n) is 2.75. The van der Waals surface area contributed by atoms with Crippen LogP contribution in [0.4, 0.5) is 0 Å². The number of benzene rings is 1. The van der Waals surface area contributed by atoms with Gasteiger partial charge in [0.1, 0.15) is 6.54 Å². The zero-order chi connectivity index (χ0) is 16.4. The summed E-state index contributed by atoms with van der Waals surface area (Å²) in [4.78, 5) is 21.8. The molecule has 1 rings (SSSR count). The van der Waals surface area contributed by atoms with E-state index >= 15 is 0 Å². The second kappa shape index (κ2) is 5.82. The van der Waals surface area contributed by atoms with Crippen LogP contribution in [0.25, 0.3) is 0 Å². The molecule has 0 aliphatic rings. The SMILES string of the molecule is CC(C)(C)N(CC(=O)O)S(=O)(=O)c1ccc(C(N)=O)cc1. The Kier molecular flexibility index (Phi) is 4.75. The van der Waals surface area contributed by atoms with Gasteiger partial charge in [-0.25, -0.2) is 8.42 Å². The summed E-state index contributed by atoms with van der Waals surface area (Å²) in [5, 5.41) is 8.91. The van der Waals surface area contributed by atoms with Crippen molar-refractivity contribution in [1.82, 2.24) is 4.31 Å². The van der Waals surface area contributed by atoms with Crippen LogP contribution in [0.5, 0.6) is 0 Å². The molecule has 0 atom stereocenters. The number of primary amides is 1. The molecule has 8 heteroatoms. The van der Waals surface area contributed by atoms with Crippen molar-refractivity contribution in [3.05, 3.63) is 29.8 Å². The highest BCUT2D eigenvalue weighted by Crippen LogP contribution is 2.24. The number of aliphatic carboxylic acids is 1. The molecular weight excluding hydrogens is 296 g/mol. The van der Waals surface area contributed by atoms with Gasteiger partial charge in [-0.1, -0.05) is 0 Å². The number of amides is 1. The van der Waals surface area contributed by atoms with Crippen LogP contribution in [0.15, 0.2) is 29.2 Å². The first-order valence-corrected chi connectivity index (χ1v) is 7.55. The minimum atomic E-state index is -4.00. The molecule has 0 aliphatic heterocycles. The first-order chi connectivity index (χ1) is 9.46. The lowest BCUT2D eigenvalue weighted by atomic mass is 10.1. The fourth-order valence-electron chi connectivity index (χ4n) is 1.72. The molecular formula is C13H18N2O5S. The zero-order valence-electron chi connectivity index (χ0n) is 12.0. The number of carboxylic acid groups (broad SMARTS) is 1. The average Bonchev–Trinajstić information content (AvgIpc) is 2.34. The number of hydrogen-bond acceptors (Lipinski definition) is 4. The van der Waals surface area contributed by atoms with Gasteiger partial charge in [-0.3, -0.25) is 9.59 Å². The number of nitrogens with two attached hydrogens (primary N) is 1. The number of hydrogen-bond donors (Lipinski definition) is 2. The summed E-state index contributed by atoms with van der Waals surface area (Å²) >= 11 is 0. The lowest BCUT2D eigenvalue weighted by Gasteiger charge is -2.33. The van der Waals surface area contributed by atoms with E-state index in [1.54, 1.807) is 20.8 Å². The molecule has 116 valence electrons. The Morgan fingerprint density at radius 3 is 2.00 bits per heavy atom. The van der Waals surface area contributed by atoms with Crippen molar-refractivity contribution >= 4 is 21.9 Å². The Labute approximate surface area is 123 Å². The van der Waals surface area contributed by atoms with Gasteiger partial charge >= 0.3 is 5.97 Å². The molecule has 0 saturated heterocycles. The summed E-state index contributed by atoms with van der Waals surface area (Å²) in [5.41, 5.74) is 4.36. The van der Waals surface area contributed by atoms with Crippen LogP contribution in [0.3, 0.4) is 0 Å². The number of nitrogens with zero attached hydrogens (tertiary/aromatic N) is 1. The highest BCUT2D eigenvalue weighted by atomic mass is 32.2. The Bertz CT molecular complexity index is 644. The minimum absolute atomic E-state index is 0.0938. The maximum atomic E-state index is 12.5.